The van der Waals surface area contributed by atoms with Gasteiger partial charge in [-0.05, 0) is 37.1 Å². The molecule has 11 heteroatoms. The van der Waals surface area contributed by atoms with Gasteiger partial charge in [0.2, 0.25) is 5.91 Å². The minimum Gasteiger partial charge on any atom is -0.386 e. The molecule has 4 rings (SSSR count). The molecule has 2 aromatic heterocycles. The first-order valence-corrected chi connectivity index (χ1v) is 12.0. The highest BCUT2D eigenvalue weighted by Crippen LogP contribution is 2.30. The third-order valence-corrected chi connectivity index (χ3v) is 6.66. The summed E-state index contributed by atoms with van der Waals surface area (Å²) in [6.07, 6.45) is 5.47. The molecule has 3 N–H and O–H groups in total. The van der Waals surface area contributed by atoms with E-state index in [9.17, 15) is 18.4 Å². The van der Waals surface area contributed by atoms with Crippen LogP contribution in [0.3, 0.4) is 0 Å². The average Bonchev–Trinajstić information content (AvgIpc) is 2.89. The number of halogens is 3. The molecule has 1 aliphatic heterocycles. The van der Waals surface area contributed by atoms with Crippen molar-refractivity contribution in [3.63, 3.8) is 0 Å². The largest absolute Gasteiger partial charge is 0.386 e. The molecule has 1 aromatic carbocycles. The summed E-state index contributed by atoms with van der Waals surface area (Å²) in [6, 6.07) is 6.13. The summed E-state index contributed by atoms with van der Waals surface area (Å²) >= 11 is 5.81. The predicted octanol–water partition coefficient (Wildman–Crippen LogP) is 4.30. The lowest BCUT2D eigenvalue weighted by Gasteiger charge is -2.23. The molecule has 0 aliphatic carbocycles. The number of pyridine rings is 1. The zero-order valence-corrected chi connectivity index (χ0v) is 20.9. The highest BCUT2D eigenvalue weighted by atomic mass is 35.5. The first-order chi connectivity index (χ1) is 17.7. The number of rotatable bonds is 4. The van der Waals surface area contributed by atoms with Gasteiger partial charge in [0, 0.05) is 37.0 Å². The average molecular weight is 527 g/mol. The summed E-state index contributed by atoms with van der Waals surface area (Å²) in [5.41, 5.74) is 0.876. The van der Waals surface area contributed by atoms with Crippen LogP contribution in [0.5, 0.6) is 0 Å². The van der Waals surface area contributed by atoms with E-state index >= 15 is 0 Å². The molecule has 0 fully saturated rings. The van der Waals surface area contributed by atoms with Crippen molar-refractivity contribution < 1.29 is 13.6 Å². The van der Waals surface area contributed by atoms with Gasteiger partial charge in [0.1, 0.15) is 5.82 Å². The monoisotopic (exact) mass is 526 g/mol. The Bertz CT molecular complexity index is 1460. The van der Waals surface area contributed by atoms with Gasteiger partial charge in [-0.1, -0.05) is 24.9 Å². The van der Waals surface area contributed by atoms with E-state index in [0.717, 1.165) is 24.4 Å². The highest BCUT2D eigenvalue weighted by Gasteiger charge is 2.24. The summed E-state index contributed by atoms with van der Waals surface area (Å²) in [5.74, 6) is -2.43. The molecular formula is C26H25ClF2N6O2. The molecule has 2 atom stereocenters. The number of carbonyl (C=O) groups excluding carboxylic acids is 1. The van der Waals surface area contributed by atoms with Crippen LogP contribution in [0, 0.1) is 23.0 Å². The quantitative estimate of drug-likeness (QED) is 0.346. The number of carbonyl (C=O) groups is 1. The molecule has 1 aliphatic rings. The molecule has 8 nitrogen and oxygen atoms in total. The fraction of sp³-hybridized carbons (Fsp3) is 0.269. The van der Waals surface area contributed by atoms with Gasteiger partial charge >= 0.3 is 0 Å². The number of benzene rings is 1. The van der Waals surface area contributed by atoms with Gasteiger partial charge < -0.3 is 16.0 Å². The van der Waals surface area contributed by atoms with Gasteiger partial charge in [-0.3, -0.25) is 19.1 Å². The first kappa shape index (κ1) is 26.2. The van der Waals surface area contributed by atoms with Gasteiger partial charge in [-0.2, -0.15) is 0 Å². The fourth-order valence-electron chi connectivity index (χ4n) is 4.37. The molecule has 37 heavy (non-hydrogen) atoms. The normalized spacial score (nSPS) is 20.4. The lowest BCUT2D eigenvalue weighted by Crippen LogP contribution is -2.32. The molecule has 0 radical (unpaired) electrons. The summed E-state index contributed by atoms with van der Waals surface area (Å²) < 4.78 is 30.3. The van der Waals surface area contributed by atoms with Crippen molar-refractivity contribution in [3.05, 3.63) is 86.8 Å². The molecule has 3 aromatic rings. The van der Waals surface area contributed by atoms with E-state index in [1.165, 1.54) is 10.9 Å². The molecular weight excluding hydrogens is 502 g/mol. The van der Waals surface area contributed by atoms with Gasteiger partial charge in [0.15, 0.2) is 5.82 Å². The van der Waals surface area contributed by atoms with E-state index in [0.29, 0.717) is 41.9 Å². The fourth-order valence-corrected chi connectivity index (χ4v) is 4.53. The summed E-state index contributed by atoms with van der Waals surface area (Å²) in [5, 5.41) is 13.4. The molecule has 192 valence electrons. The molecule has 0 saturated carbocycles. The number of fused-ring (bicyclic) bond motifs is 2. The number of nitrogens with one attached hydrogen (secondary N) is 3. The Hall–Kier alpha value is -3.92. The van der Waals surface area contributed by atoms with Crippen LogP contribution in [-0.2, 0) is 4.79 Å². The van der Waals surface area contributed by atoms with Crippen LogP contribution in [0.4, 0.5) is 8.78 Å². The van der Waals surface area contributed by atoms with E-state index in [2.05, 4.69) is 20.6 Å². The molecule has 3 heterocycles. The number of hydrogen-bond acceptors (Lipinski definition) is 6. The van der Waals surface area contributed by atoms with Crippen LogP contribution in [0.2, 0.25) is 5.02 Å². The summed E-state index contributed by atoms with van der Waals surface area (Å²) in [7, 11) is 1.68. The molecule has 1 amide bonds. The van der Waals surface area contributed by atoms with Crippen LogP contribution in [0.1, 0.15) is 43.5 Å². The minimum absolute atomic E-state index is 0.171. The number of amides is 1. The van der Waals surface area contributed by atoms with Gasteiger partial charge in [-0.15, -0.1) is 0 Å². The molecule has 2 bridgehead atoms. The Balaban J connectivity index is 1.83. The maximum absolute atomic E-state index is 14.5. The molecule has 0 saturated heterocycles. The van der Waals surface area contributed by atoms with Crippen molar-refractivity contribution in [1.29, 1.82) is 5.41 Å². The number of allylic oxidation sites excluding steroid dienone is 1. The smallest absolute Gasteiger partial charge is 0.254 e. The van der Waals surface area contributed by atoms with Crippen LogP contribution in [-0.4, -0.2) is 33.7 Å². The van der Waals surface area contributed by atoms with Crippen molar-refractivity contribution in [2.24, 2.45) is 5.92 Å². The number of aromatic nitrogens is 3. The Kier molecular flexibility index (Phi) is 7.77. The molecule has 0 spiro atoms. The second kappa shape index (κ2) is 11.0. The molecule has 2 unspecified atom stereocenters. The minimum atomic E-state index is -0.993. The van der Waals surface area contributed by atoms with E-state index in [1.54, 1.807) is 32.3 Å². The van der Waals surface area contributed by atoms with Crippen LogP contribution in [0.25, 0.3) is 17.0 Å². The summed E-state index contributed by atoms with van der Waals surface area (Å²) in [6.45, 7) is 1.80. The van der Waals surface area contributed by atoms with E-state index in [1.807, 2.05) is 0 Å². The van der Waals surface area contributed by atoms with Crippen LogP contribution >= 0.6 is 11.6 Å². The van der Waals surface area contributed by atoms with Gasteiger partial charge in [0.25, 0.3) is 5.56 Å². The summed E-state index contributed by atoms with van der Waals surface area (Å²) in [4.78, 5) is 34.6. The predicted molar refractivity (Wildman–Crippen MR) is 137 cm³/mol. The van der Waals surface area contributed by atoms with Crippen molar-refractivity contribution >= 4 is 29.4 Å². The SMILES string of the molecule is CN/C1=C(\C=N)NC(=O)C(C)CCCC(n2cnc(-c3c(F)ccc(Cl)c3F)cc2=O)c2cc1ccn2. The second-order valence-corrected chi connectivity index (χ2v) is 9.13. The third kappa shape index (κ3) is 5.29. The lowest BCUT2D eigenvalue weighted by atomic mass is 9.96. The zero-order valence-electron chi connectivity index (χ0n) is 20.2. The number of hydrogen-bond donors (Lipinski definition) is 3. The Labute approximate surface area is 216 Å². The lowest BCUT2D eigenvalue weighted by molar-refractivity contribution is -0.123. The maximum Gasteiger partial charge on any atom is 0.254 e. The van der Waals surface area contributed by atoms with Crippen LogP contribution < -0.4 is 16.2 Å². The number of nitrogens with zero attached hydrogens (tertiary/aromatic N) is 3. The van der Waals surface area contributed by atoms with Crippen molar-refractivity contribution in [1.82, 2.24) is 25.2 Å². The van der Waals surface area contributed by atoms with Crippen molar-refractivity contribution in [3.8, 4) is 11.3 Å². The maximum atomic E-state index is 14.5. The Morgan fingerprint density at radius 2 is 1.97 bits per heavy atom. The first-order valence-electron chi connectivity index (χ1n) is 11.7. The standard InChI is InChI=1S/C26H25ClF2N6O2/c1-14-4-3-5-21(18-10-15(8-9-32-18)25(31-2)20(12-30)34-26(14)37)35-13-33-19(11-22(35)36)23-17(28)7-6-16(27)24(23)29/h6-14,21,30-31H,3-5H2,1-2H3,(H,34,37)/b25-20+,30-12?. The second-order valence-electron chi connectivity index (χ2n) is 8.73. The highest BCUT2D eigenvalue weighted by molar-refractivity contribution is 6.31. The third-order valence-electron chi connectivity index (χ3n) is 6.37. The van der Waals surface area contributed by atoms with Gasteiger partial charge in [0.05, 0.1) is 45.7 Å². The van der Waals surface area contributed by atoms with Gasteiger partial charge in [-0.25, -0.2) is 13.8 Å². The van der Waals surface area contributed by atoms with Crippen molar-refractivity contribution in [2.75, 3.05) is 7.05 Å². The topological polar surface area (TPSA) is 113 Å². The Morgan fingerprint density at radius 1 is 1.19 bits per heavy atom. The van der Waals surface area contributed by atoms with E-state index in [4.69, 9.17) is 17.0 Å². The Morgan fingerprint density at radius 3 is 2.68 bits per heavy atom. The van der Waals surface area contributed by atoms with Crippen molar-refractivity contribution in [2.45, 2.75) is 32.2 Å². The van der Waals surface area contributed by atoms with E-state index in [-0.39, 0.29) is 22.5 Å². The van der Waals surface area contributed by atoms with E-state index < -0.39 is 28.8 Å². The zero-order chi connectivity index (χ0) is 26.7. The van der Waals surface area contributed by atoms with Crippen LogP contribution in [0.15, 0.2) is 53.3 Å².